The van der Waals surface area contributed by atoms with E-state index < -0.39 is 5.97 Å². The molecule has 0 atom stereocenters. The summed E-state index contributed by atoms with van der Waals surface area (Å²) in [6, 6.07) is 29.6. The highest BCUT2D eigenvalue weighted by Crippen LogP contribution is 2.30. The molecule has 0 aliphatic heterocycles. The highest BCUT2D eigenvalue weighted by atomic mass is 16.5. The zero-order chi connectivity index (χ0) is 26.5. The number of ketones is 1. The summed E-state index contributed by atoms with van der Waals surface area (Å²) in [4.78, 5) is 25.7. The molecule has 4 aromatic carbocycles. The maximum atomic E-state index is 13.1. The van der Waals surface area contributed by atoms with Gasteiger partial charge < -0.3 is 13.9 Å². The molecule has 0 amide bonds. The van der Waals surface area contributed by atoms with E-state index in [0.29, 0.717) is 46.0 Å². The molecule has 0 aliphatic rings. The van der Waals surface area contributed by atoms with Crippen molar-refractivity contribution in [2.75, 3.05) is 0 Å². The molecule has 0 aliphatic carbocycles. The molecule has 5 rings (SSSR count). The summed E-state index contributed by atoms with van der Waals surface area (Å²) in [6.07, 6.45) is 3.31. The number of carbonyl (C=O) groups excluding carboxylic acids is 2. The van der Waals surface area contributed by atoms with Crippen molar-refractivity contribution >= 4 is 28.8 Å². The van der Waals surface area contributed by atoms with Crippen molar-refractivity contribution in [1.29, 1.82) is 0 Å². The van der Waals surface area contributed by atoms with Crippen LogP contribution in [0.2, 0.25) is 0 Å². The number of rotatable bonds is 8. The van der Waals surface area contributed by atoms with Gasteiger partial charge in [-0.2, -0.15) is 0 Å². The summed E-state index contributed by atoms with van der Waals surface area (Å²) in [5.74, 6) is 0.735. The summed E-state index contributed by atoms with van der Waals surface area (Å²) >= 11 is 0. The average molecular weight is 503 g/mol. The van der Waals surface area contributed by atoms with E-state index in [1.807, 2.05) is 67.6 Å². The number of esters is 1. The Morgan fingerprint density at radius 3 is 2.26 bits per heavy atom. The second-order valence-corrected chi connectivity index (χ2v) is 8.99. The Labute approximate surface area is 220 Å². The fourth-order valence-corrected chi connectivity index (χ4v) is 4.07. The number of allylic oxidation sites excluding steroid dienone is 1. The number of furan rings is 1. The first-order chi connectivity index (χ1) is 18.5. The molecule has 0 N–H and O–H groups in total. The van der Waals surface area contributed by atoms with Crippen LogP contribution in [0.15, 0.2) is 108 Å². The van der Waals surface area contributed by atoms with Gasteiger partial charge >= 0.3 is 5.97 Å². The highest BCUT2D eigenvalue weighted by molar-refractivity contribution is 6.07. The lowest BCUT2D eigenvalue weighted by atomic mass is 10.1. The molecular weight excluding hydrogens is 476 g/mol. The van der Waals surface area contributed by atoms with Crippen molar-refractivity contribution in [3.63, 3.8) is 0 Å². The van der Waals surface area contributed by atoms with Gasteiger partial charge in [0, 0.05) is 10.9 Å². The highest BCUT2D eigenvalue weighted by Gasteiger charge is 2.21. The van der Waals surface area contributed by atoms with E-state index in [0.717, 1.165) is 16.7 Å². The van der Waals surface area contributed by atoms with Crippen LogP contribution < -0.4 is 9.47 Å². The van der Waals surface area contributed by atoms with Crippen molar-refractivity contribution in [2.45, 2.75) is 20.5 Å². The SMILES string of the molecule is Cc1ccc(/C=C/C(=O)c2ccc(OC(=O)c3c(C)oc4ccc(OCc5ccccc5)cc34)cc2)cc1. The van der Waals surface area contributed by atoms with Crippen LogP contribution in [-0.2, 0) is 6.61 Å². The van der Waals surface area contributed by atoms with Crippen LogP contribution in [-0.4, -0.2) is 11.8 Å². The summed E-state index contributed by atoms with van der Waals surface area (Å²) in [5, 5.41) is 0.617. The number of fused-ring (bicyclic) bond motifs is 1. The minimum Gasteiger partial charge on any atom is -0.489 e. The zero-order valence-electron chi connectivity index (χ0n) is 21.1. The van der Waals surface area contributed by atoms with Gasteiger partial charge in [0.15, 0.2) is 5.78 Å². The second kappa shape index (κ2) is 11.0. The predicted molar refractivity (Wildman–Crippen MR) is 148 cm³/mol. The zero-order valence-corrected chi connectivity index (χ0v) is 21.1. The van der Waals surface area contributed by atoms with Gasteiger partial charge in [0.05, 0.1) is 0 Å². The van der Waals surface area contributed by atoms with Crippen molar-refractivity contribution in [3.8, 4) is 11.5 Å². The van der Waals surface area contributed by atoms with Crippen molar-refractivity contribution in [2.24, 2.45) is 0 Å². The van der Waals surface area contributed by atoms with Crippen LogP contribution in [0.25, 0.3) is 17.0 Å². The topological polar surface area (TPSA) is 65.7 Å². The summed E-state index contributed by atoms with van der Waals surface area (Å²) in [7, 11) is 0. The van der Waals surface area contributed by atoms with E-state index in [-0.39, 0.29) is 5.78 Å². The second-order valence-electron chi connectivity index (χ2n) is 8.99. The van der Waals surface area contributed by atoms with E-state index in [9.17, 15) is 9.59 Å². The summed E-state index contributed by atoms with van der Waals surface area (Å²) < 4.78 is 17.3. The van der Waals surface area contributed by atoms with Crippen LogP contribution in [0, 0.1) is 13.8 Å². The predicted octanol–water partition coefficient (Wildman–Crippen LogP) is 7.74. The molecular formula is C33H26O5. The molecule has 5 aromatic rings. The van der Waals surface area contributed by atoms with Gasteiger partial charge in [-0.05, 0) is 73.5 Å². The normalized spacial score (nSPS) is 11.1. The smallest absolute Gasteiger partial charge is 0.347 e. The van der Waals surface area contributed by atoms with E-state index in [2.05, 4.69) is 0 Å². The number of carbonyl (C=O) groups is 2. The quantitative estimate of drug-likeness (QED) is 0.0939. The molecule has 38 heavy (non-hydrogen) atoms. The van der Waals surface area contributed by atoms with E-state index >= 15 is 0 Å². The van der Waals surface area contributed by atoms with Crippen LogP contribution in [0.1, 0.15) is 43.2 Å². The van der Waals surface area contributed by atoms with Gasteiger partial charge in [-0.1, -0.05) is 66.2 Å². The molecule has 0 fully saturated rings. The maximum Gasteiger partial charge on any atom is 0.347 e. The lowest BCUT2D eigenvalue weighted by Crippen LogP contribution is -2.09. The van der Waals surface area contributed by atoms with Crippen LogP contribution in [0.4, 0.5) is 0 Å². The number of hydrogen-bond acceptors (Lipinski definition) is 5. The number of hydrogen-bond donors (Lipinski definition) is 0. The third-order valence-corrected chi connectivity index (χ3v) is 6.14. The van der Waals surface area contributed by atoms with Gasteiger partial charge in [-0.3, -0.25) is 4.79 Å². The molecule has 0 saturated heterocycles. The molecule has 0 radical (unpaired) electrons. The third-order valence-electron chi connectivity index (χ3n) is 6.14. The Kier molecular flexibility index (Phi) is 7.18. The Hall–Kier alpha value is -4.90. The van der Waals surface area contributed by atoms with E-state index in [4.69, 9.17) is 13.9 Å². The Balaban J connectivity index is 1.28. The molecule has 5 nitrogen and oxygen atoms in total. The maximum absolute atomic E-state index is 13.1. The minimum atomic E-state index is -0.542. The molecule has 0 saturated carbocycles. The van der Waals surface area contributed by atoms with Crippen molar-refractivity contribution in [1.82, 2.24) is 0 Å². The van der Waals surface area contributed by atoms with Gasteiger partial charge in [0.25, 0.3) is 0 Å². The summed E-state index contributed by atoms with van der Waals surface area (Å²) in [6.45, 7) is 4.15. The van der Waals surface area contributed by atoms with Crippen LogP contribution in [0.5, 0.6) is 11.5 Å². The molecule has 5 heteroatoms. The van der Waals surface area contributed by atoms with Crippen LogP contribution in [0.3, 0.4) is 0 Å². The summed E-state index contributed by atoms with van der Waals surface area (Å²) in [5.41, 5.74) is 4.57. The van der Waals surface area contributed by atoms with E-state index in [1.165, 1.54) is 6.08 Å². The molecule has 0 spiro atoms. The lowest BCUT2D eigenvalue weighted by molar-refractivity contribution is 0.0734. The average Bonchev–Trinajstić information content (AvgIpc) is 3.27. The van der Waals surface area contributed by atoms with Crippen molar-refractivity contribution in [3.05, 3.63) is 137 Å². The number of ether oxygens (including phenoxy) is 2. The first-order valence-corrected chi connectivity index (χ1v) is 12.3. The first-order valence-electron chi connectivity index (χ1n) is 12.3. The minimum absolute atomic E-state index is 0.136. The van der Waals surface area contributed by atoms with E-state index in [1.54, 1.807) is 49.4 Å². The van der Waals surface area contributed by atoms with Crippen LogP contribution >= 0.6 is 0 Å². The fraction of sp³-hybridized carbons (Fsp3) is 0.0909. The molecule has 0 bridgehead atoms. The van der Waals surface area contributed by atoms with Gasteiger partial charge in [-0.25, -0.2) is 4.79 Å². The molecule has 0 unspecified atom stereocenters. The fourth-order valence-electron chi connectivity index (χ4n) is 4.07. The lowest BCUT2D eigenvalue weighted by Gasteiger charge is -2.07. The van der Waals surface area contributed by atoms with Gasteiger partial charge in [0.1, 0.15) is 35.0 Å². The Morgan fingerprint density at radius 2 is 1.53 bits per heavy atom. The first kappa shape index (κ1) is 24.8. The van der Waals surface area contributed by atoms with Gasteiger partial charge in [-0.15, -0.1) is 0 Å². The van der Waals surface area contributed by atoms with Crippen molar-refractivity contribution < 1.29 is 23.5 Å². The Bertz CT molecular complexity index is 1610. The van der Waals surface area contributed by atoms with Gasteiger partial charge in [0.2, 0.25) is 0 Å². The largest absolute Gasteiger partial charge is 0.489 e. The molecule has 1 heterocycles. The monoisotopic (exact) mass is 502 g/mol. The molecule has 188 valence electrons. The number of aryl methyl sites for hydroxylation is 2. The number of benzene rings is 4. The third kappa shape index (κ3) is 5.73. The standard InChI is InChI=1S/C33H26O5/c1-22-8-10-24(11-9-22)12-18-30(34)26-13-15-27(16-14-26)38-33(35)32-23(2)37-31-19-17-28(20-29(31)32)36-21-25-6-4-3-5-7-25/h3-20H,21H2,1-2H3/b18-12+. The Morgan fingerprint density at radius 1 is 0.816 bits per heavy atom. The molecule has 1 aromatic heterocycles.